The Labute approximate surface area is 151 Å². The highest BCUT2D eigenvalue weighted by atomic mass is 35.5. The highest BCUT2D eigenvalue weighted by Gasteiger charge is 2.37. The highest BCUT2D eigenvalue weighted by Crippen LogP contribution is 2.41. The van der Waals surface area contributed by atoms with E-state index in [1.165, 1.54) is 7.11 Å². The van der Waals surface area contributed by atoms with Crippen LogP contribution in [0, 0.1) is 0 Å². The number of fused-ring (bicyclic) bond motifs is 1. The first kappa shape index (κ1) is 19.8. The Bertz CT molecular complexity index is 702. The minimum atomic E-state index is -4.24. The first-order chi connectivity index (χ1) is 11.5. The van der Waals surface area contributed by atoms with Crippen LogP contribution in [0.15, 0.2) is 36.4 Å². The third kappa shape index (κ3) is 4.57. The molecular weight excluding hydrogens is 353 g/mol. The van der Waals surface area contributed by atoms with E-state index in [1.54, 1.807) is 6.07 Å². The van der Waals surface area contributed by atoms with E-state index in [9.17, 15) is 13.2 Å². The molecule has 0 aromatic heterocycles. The molecule has 1 aliphatic rings. The number of rotatable bonds is 4. The molecule has 0 saturated carbocycles. The van der Waals surface area contributed by atoms with Crippen LogP contribution in [0.4, 0.5) is 13.2 Å². The first-order valence-corrected chi connectivity index (χ1v) is 8.07. The van der Waals surface area contributed by atoms with Crippen LogP contribution in [0.5, 0.6) is 5.75 Å². The second-order valence-electron chi connectivity index (χ2n) is 6.02. The van der Waals surface area contributed by atoms with E-state index in [2.05, 4.69) is 5.32 Å². The molecule has 1 saturated heterocycles. The molecule has 1 N–H and O–H groups in total. The molecule has 0 radical (unpaired) electrons. The average Bonchev–Trinajstić information content (AvgIpc) is 2.59. The van der Waals surface area contributed by atoms with Crippen LogP contribution in [0.1, 0.15) is 18.0 Å². The van der Waals surface area contributed by atoms with E-state index in [1.807, 2.05) is 35.2 Å². The fourth-order valence-corrected chi connectivity index (χ4v) is 3.42. The Hall–Kier alpha value is -1.50. The van der Waals surface area contributed by atoms with Crippen molar-refractivity contribution in [3.8, 4) is 5.75 Å². The summed E-state index contributed by atoms with van der Waals surface area (Å²) in [4.78, 5) is 1.91. The number of alkyl halides is 3. The minimum Gasteiger partial charge on any atom is -0.496 e. The SMILES string of the molecule is COc1ccc2ccccc2c1[C@H](CC(F)(F)F)N1CCNCC1.Cl. The van der Waals surface area contributed by atoms with Gasteiger partial charge in [0.2, 0.25) is 0 Å². The van der Waals surface area contributed by atoms with Crippen molar-refractivity contribution >= 4 is 23.2 Å². The third-order valence-corrected chi connectivity index (χ3v) is 4.50. The van der Waals surface area contributed by atoms with Gasteiger partial charge in [-0.1, -0.05) is 30.3 Å². The molecule has 2 aromatic carbocycles. The van der Waals surface area contributed by atoms with Crippen LogP contribution in [0.2, 0.25) is 0 Å². The Morgan fingerprint density at radius 2 is 1.80 bits per heavy atom. The second-order valence-corrected chi connectivity index (χ2v) is 6.02. The van der Waals surface area contributed by atoms with Crippen molar-refractivity contribution in [3.63, 3.8) is 0 Å². The number of hydrogen-bond donors (Lipinski definition) is 1. The third-order valence-electron chi connectivity index (χ3n) is 4.50. The fourth-order valence-electron chi connectivity index (χ4n) is 3.42. The molecule has 0 bridgehead atoms. The maximum atomic E-state index is 13.3. The Morgan fingerprint density at radius 3 is 2.44 bits per heavy atom. The van der Waals surface area contributed by atoms with Crippen LogP contribution in [-0.2, 0) is 0 Å². The molecule has 0 amide bonds. The molecule has 0 spiro atoms. The lowest BCUT2D eigenvalue weighted by Gasteiger charge is -2.36. The molecule has 0 aliphatic carbocycles. The second kappa shape index (κ2) is 8.25. The number of nitrogens with zero attached hydrogens (tertiary/aromatic N) is 1. The largest absolute Gasteiger partial charge is 0.496 e. The molecule has 138 valence electrons. The molecule has 1 atom stereocenters. The van der Waals surface area contributed by atoms with Gasteiger partial charge in [0.1, 0.15) is 5.75 Å². The van der Waals surface area contributed by atoms with E-state index in [0.717, 1.165) is 10.8 Å². The maximum Gasteiger partial charge on any atom is 0.390 e. The van der Waals surface area contributed by atoms with Gasteiger partial charge < -0.3 is 10.1 Å². The van der Waals surface area contributed by atoms with Crippen molar-refractivity contribution in [1.29, 1.82) is 0 Å². The van der Waals surface area contributed by atoms with Crippen LogP contribution in [0.3, 0.4) is 0 Å². The zero-order chi connectivity index (χ0) is 17.2. The summed E-state index contributed by atoms with van der Waals surface area (Å²) in [7, 11) is 1.51. The minimum absolute atomic E-state index is 0. The number of benzene rings is 2. The number of halogens is 4. The molecule has 3 rings (SSSR count). The first-order valence-electron chi connectivity index (χ1n) is 8.07. The molecule has 1 heterocycles. The van der Waals surface area contributed by atoms with E-state index in [4.69, 9.17) is 4.74 Å². The van der Waals surface area contributed by atoms with Gasteiger partial charge in [-0.25, -0.2) is 0 Å². The molecular formula is C18H22ClF3N2O. The molecule has 25 heavy (non-hydrogen) atoms. The summed E-state index contributed by atoms with van der Waals surface area (Å²) >= 11 is 0. The van der Waals surface area contributed by atoms with Crippen molar-refractivity contribution in [2.24, 2.45) is 0 Å². The van der Waals surface area contributed by atoms with Gasteiger partial charge in [-0.15, -0.1) is 12.4 Å². The predicted molar refractivity (Wildman–Crippen MR) is 95.6 cm³/mol. The average molecular weight is 375 g/mol. The summed E-state index contributed by atoms with van der Waals surface area (Å²) in [6.45, 7) is 2.57. The monoisotopic (exact) mass is 374 g/mol. The molecule has 2 aromatic rings. The van der Waals surface area contributed by atoms with Gasteiger partial charge in [0, 0.05) is 37.8 Å². The van der Waals surface area contributed by atoms with Gasteiger partial charge in [-0.05, 0) is 16.8 Å². The van der Waals surface area contributed by atoms with Crippen LogP contribution in [0.25, 0.3) is 10.8 Å². The topological polar surface area (TPSA) is 24.5 Å². The lowest BCUT2D eigenvalue weighted by atomic mass is 9.93. The Morgan fingerprint density at radius 1 is 1.12 bits per heavy atom. The predicted octanol–water partition coefficient (Wildman–Crippen LogP) is 4.17. The van der Waals surface area contributed by atoms with Crippen LogP contribution < -0.4 is 10.1 Å². The number of methoxy groups -OCH3 is 1. The quantitative estimate of drug-likeness (QED) is 0.869. The summed E-state index contributed by atoms with van der Waals surface area (Å²) in [5, 5.41) is 4.95. The Kier molecular flexibility index (Phi) is 6.54. The van der Waals surface area contributed by atoms with Crippen molar-refractivity contribution in [1.82, 2.24) is 10.2 Å². The van der Waals surface area contributed by atoms with Gasteiger partial charge in [0.05, 0.1) is 13.5 Å². The lowest BCUT2D eigenvalue weighted by Crippen LogP contribution is -2.46. The van der Waals surface area contributed by atoms with Gasteiger partial charge in [0.15, 0.2) is 0 Å². The summed E-state index contributed by atoms with van der Waals surface area (Å²) in [6, 6.07) is 10.5. The van der Waals surface area contributed by atoms with Gasteiger partial charge in [-0.3, -0.25) is 4.90 Å². The van der Waals surface area contributed by atoms with Crippen LogP contribution >= 0.6 is 12.4 Å². The van der Waals surface area contributed by atoms with Crippen molar-refractivity contribution in [2.45, 2.75) is 18.6 Å². The van der Waals surface area contributed by atoms with Crippen molar-refractivity contribution in [3.05, 3.63) is 42.0 Å². The molecule has 1 aliphatic heterocycles. The normalized spacial score (nSPS) is 17.1. The number of piperazine rings is 1. The smallest absolute Gasteiger partial charge is 0.390 e. The van der Waals surface area contributed by atoms with E-state index < -0.39 is 18.6 Å². The number of hydrogen-bond acceptors (Lipinski definition) is 3. The summed E-state index contributed by atoms with van der Waals surface area (Å²) < 4.78 is 45.3. The fraction of sp³-hybridized carbons (Fsp3) is 0.444. The van der Waals surface area contributed by atoms with Gasteiger partial charge in [0.25, 0.3) is 0 Å². The summed E-state index contributed by atoms with van der Waals surface area (Å²) in [5.74, 6) is 0.515. The number of ether oxygens (including phenoxy) is 1. The van der Waals surface area contributed by atoms with Crippen molar-refractivity contribution in [2.75, 3.05) is 33.3 Å². The zero-order valence-corrected chi connectivity index (χ0v) is 14.8. The summed E-state index contributed by atoms with van der Waals surface area (Å²) in [6.07, 6.45) is -5.12. The summed E-state index contributed by atoms with van der Waals surface area (Å²) in [5.41, 5.74) is 0.634. The molecule has 7 heteroatoms. The molecule has 3 nitrogen and oxygen atoms in total. The molecule has 0 unspecified atom stereocenters. The lowest BCUT2D eigenvalue weighted by molar-refractivity contribution is -0.148. The van der Waals surface area contributed by atoms with E-state index in [0.29, 0.717) is 37.5 Å². The number of nitrogens with one attached hydrogen (secondary N) is 1. The zero-order valence-electron chi connectivity index (χ0n) is 14.0. The Balaban J connectivity index is 0.00000225. The van der Waals surface area contributed by atoms with E-state index in [-0.39, 0.29) is 12.4 Å². The van der Waals surface area contributed by atoms with Gasteiger partial charge in [-0.2, -0.15) is 13.2 Å². The maximum absolute atomic E-state index is 13.3. The standard InChI is InChI=1S/C18H21F3N2O.ClH/c1-24-16-7-6-13-4-2-3-5-14(13)17(16)15(12-18(19,20)21)23-10-8-22-9-11-23;/h2-7,15,22H,8-12H2,1H3;1H/t15-;/m0./s1. The highest BCUT2D eigenvalue weighted by molar-refractivity contribution is 5.88. The van der Waals surface area contributed by atoms with E-state index >= 15 is 0 Å². The van der Waals surface area contributed by atoms with Crippen molar-refractivity contribution < 1.29 is 17.9 Å². The van der Waals surface area contributed by atoms with Gasteiger partial charge >= 0.3 is 6.18 Å². The molecule has 1 fully saturated rings. The van der Waals surface area contributed by atoms with Crippen LogP contribution in [-0.4, -0.2) is 44.4 Å².